The lowest BCUT2D eigenvalue weighted by atomic mass is 10.2. The molecule has 0 saturated heterocycles. The summed E-state index contributed by atoms with van der Waals surface area (Å²) < 4.78 is 13.2. The van der Waals surface area contributed by atoms with E-state index in [1.54, 1.807) is 6.07 Å². The van der Waals surface area contributed by atoms with Crippen molar-refractivity contribution in [3.63, 3.8) is 0 Å². The van der Waals surface area contributed by atoms with E-state index in [1.807, 2.05) is 0 Å². The molecule has 1 atom stereocenters. The fourth-order valence-corrected chi connectivity index (χ4v) is 1.36. The third kappa shape index (κ3) is 3.18. The third-order valence-electron chi connectivity index (χ3n) is 2.11. The van der Waals surface area contributed by atoms with Crippen molar-refractivity contribution in [1.82, 2.24) is 0 Å². The minimum absolute atomic E-state index is 0.181. The number of aliphatic carboxylic acids is 1. The first-order valence-electron chi connectivity index (χ1n) is 4.49. The summed E-state index contributed by atoms with van der Waals surface area (Å²) in [4.78, 5) is 10.4. The zero-order valence-corrected chi connectivity index (χ0v) is 8.92. The quantitative estimate of drug-likeness (QED) is 0.772. The van der Waals surface area contributed by atoms with Crippen molar-refractivity contribution < 1.29 is 19.6 Å². The molecule has 2 N–H and O–H groups in total. The van der Waals surface area contributed by atoms with Crippen LogP contribution in [0.1, 0.15) is 12.5 Å². The highest BCUT2D eigenvalue weighted by Crippen LogP contribution is 2.17. The van der Waals surface area contributed by atoms with Crippen LogP contribution in [-0.2, 0) is 11.3 Å². The Labute approximate surface area is 91.9 Å². The Morgan fingerprint density at radius 2 is 2.33 bits per heavy atom. The molecule has 0 fully saturated rings. The first-order valence-corrected chi connectivity index (χ1v) is 4.87. The lowest BCUT2D eigenvalue weighted by Crippen LogP contribution is -2.91. The molecule has 0 amide bonds. The van der Waals surface area contributed by atoms with Gasteiger partial charge in [-0.25, -0.2) is 4.39 Å². The number of rotatable bonds is 4. The van der Waals surface area contributed by atoms with E-state index in [9.17, 15) is 14.3 Å². The first kappa shape index (κ1) is 11.9. The Morgan fingerprint density at radius 1 is 1.67 bits per heavy atom. The van der Waals surface area contributed by atoms with Gasteiger partial charge in [-0.15, -0.1) is 0 Å². The summed E-state index contributed by atoms with van der Waals surface area (Å²) in [7, 11) is 0. The molecule has 0 aliphatic carbocycles. The summed E-state index contributed by atoms with van der Waals surface area (Å²) in [5.41, 5.74) is 0.312. The smallest absolute Gasteiger partial charge is 0.133 e. The van der Waals surface area contributed by atoms with Crippen LogP contribution in [0.2, 0.25) is 5.02 Å². The van der Waals surface area contributed by atoms with Crippen LogP contribution < -0.4 is 10.4 Å². The van der Waals surface area contributed by atoms with Crippen LogP contribution in [0.3, 0.4) is 0 Å². The van der Waals surface area contributed by atoms with Gasteiger partial charge in [0.15, 0.2) is 0 Å². The third-order valence-corrected chi connectivity index (χ3v) is 2.46. The fourth-order valence-electron chi connectivity index (χ4n) is 1.12. The van der Waals surface area contributed by atoms with Crippen LogP contribution in [0.25, 0.3) is 0 Å². The molecular weight excluding hydrogens is 221 g/mol. The molecular formula is C10H11ClFNO2. The van der Waals surface area contributed by atoms with Gasteiger partial charge in [-0.1, -0.05) is 17.7 Å². The van der Waals surface area contributed by atoms with Crippen molar-refractivity contribution in [2.45, 2.75) is 19.5 Å². The molecule has 0 aromatic heterocycles. The van der Waals surface area contributed by atoms with Gasteiger partial charge in [0.1, 0.15) is 18.4 Å². The van der Waals surface area contributed by atoms with Crippen LogP contribution in [-0.4, -0.2) is 12.0 Å². The van der Waals surface area contributed by atoms with Crippen molar-refractivity contribution in [2.24, 2.45) is 0 Å². The molecule has 15 heavy (non-hydrogen) atoms. The highest BCUT2D eigenvalue weighted by Gasteiger charge is 2.11. The summed E-state index contributed by atoms with van der Waals surface area (Å²) in [5, 5.41) is 12.2. The maximum Gasteiger partial charge on any atom is 0.133 e. The van der Waals surface area contributed by atoms with Gasteiger partial charge in [0.05, 0.1) is 16.6 Å². The fraction of sp³-hybridized carbons (Fsp3) is 0.300. The summed E-state index contributed by atoms with van der Waals surface area (Å²) in [5.74, 6) is -1.60. The zero-order valence-electron chi connectivity index (χ0n) is 8.17. The summed E-state index contributed by atoms with van der Waals surface area (Å²) in [6.45, 7) is 1.66. The summed E-state index contributed by atoms with van der Waals surface area (Å²) >= 11 is 5.77. The van der Waals surface area contributed by atoms with Crippen molar-refractivity contribution in [2.75, 3.05) is 0 Å². The minimum Gasteiger partial charge on any atom is -0.544 e. The number of benzene rings is 1. The van der Waals surface area contributed by atoms with E-state index in [2.05, 4.69) is 0 Å². The number of hydrogen-bond acceptors (Lipinski definition) is 2. The maximum absolute atomic E-state index is 13.2. The molecule has 0 unspecified atom stereocenters. The average Bonchev–Trinajstić information content (AvgIpc) is 2.16. The van der Waals surface area contributed by atoms with Crippen LogP contribution in [0.4, 0.5) is 4.39 Å². The molecule has 1 rings (SSSR count). The Bertz CT molecular complexity index is 350. The van der Waals surface area contributed by atoms with Crippen LogP contribution in [0.15, 0.2) is 18.2 Å². The average molecular weight is 232 g/mol. The van der Waals surface area contributed by atoms with E-state index < -0.39 is 17.8 Å². The predicted molar refractivity (Wildman–Crippen MR) is 51.5 cm³/mol. The molecule has 82 valence electrons. The van der Waals surface area contributed by atoms with Crippen LogP contribution >= 0.6 is 11.6 Å². The van der Waals surface area contributed by atoms with Crippen molar-refractivity contribution >= 4 is 17.6 Å². The zero-order chi connectivity index (χ0) is 11.4. The monoisotopic (exact) mass is 231 g/mol. The second-order valence-corrected chi connectivity index (χ2v) is 3.65. The Hall–Kier alpha value is -1.13. The molecule has 3 nitrogen and oxygen atoms in total. The number of halogens is 2. The molecule has 1 aromatic carbocycles. The van der Waals surface area contributed by atoms with E-state index in [-0.39, 0.29) is 6.54 Å². The van der Waals surface area contributed by atoms with E-state index in [4.69, 9.17) is 11.6 Å². The Balaban J connectivity index is 2.69. The number of hydrogen-bond donors (Lipinski definition) is 1. The van der Waals surface area contributed by atoms with Crippen molar-refractivity contribution in [1.29, 1.82) is 0 Å². The van der Waals surface area contributed by atoms with E-state index >= 15 is 0 Å². The normalized spacial score (nSPS) is 12.5. The second kappa shape index (κ2) is 5.09. The molecule has 0 saturated carbocycles. The van der Waals surface area contributed by atoms with Gasteiger partial charge in [-0.05, 0) is 19.1 Å². The van der Waals surface area contributed by atoms with E-state index in [0.717, 1.165) is 0 Å². The molecule has 1 aromatic rings. The van der Waals surface area contributed by atoms with Crippen LogP contribution in [0.5, 0.6) is 0 Å². The number of quaternary nitrogens is 1. The number of carboxylic acid groups (broad SMARTS) is 1. The number of nitrogens with two attached hydrogens (primary N) is 1. The van der Waals surface area contributed by atoms with E-state index in [1.165, 1.54) is 24.4 Å². The lowest BCUT2D eigenvalue weighted by molar-refractivity contribution is -0.695. The molecule has 5 heteroatoms. The Morgan fingerprint density at radius 3 is 2.87 bits per heavy atom. The number of carboxylic acids is 1. The minimum atomic E-state index is -1.18. The second-order valence-electron chi connectivity index (χ2n) is 3.25. The maximum atomic E-state index is 13.2. The molecule has 0 bridgehead atoms. The van der Waals surface area contributed by atoms with Gasteiger partial charge in [0.25, 0.3) is 0 Å². The van der Waals surface area contributed by atoms with Gasteiger partial charge < -0.3 is 15.2 Å². The standard InChI is InChI=1S/C10H11ClFNO2/c1-6(10(14)15)13-5-7-8(11)3-2-4-9(7)12/h2-4,6,13H,5H2,1H3,(H,14,15)/t6-/m1/s1. The Kier molecular flexibility index (Phi) is 4.05. The number of carbonyl (C=O) groups is 1. The molecule has 0 radical (unpaired) electrons. The number of carbonyl (C=O) groups excluding carboxylic acids is 1. The molecule has 0 spiro atoms. The first-order chi connectivity index (χ1) is 7.02. The highest BCUT2D eigenvalue weighted by atomic mass is 35.5. The molecule has 0 aliphatic heterocycles. The predicted octanol–water partition coefficient (Wildman–Crippen LogP) is -0.319. The van der Waals surface area contributed by atoms with Gasteiger partial charge in [0, 0.05) is 0 Å². The van der Waals surface area contributed by atoms with Crippen molar-refractivity contribution in [3.05, 3.63) is 34.6 Å². The SMILES string of the molecule is C[C@@H]([NH2+]Cc1c(F)cccc1Cl)C(=O)[O-]. The highest BCUT2D eigenvalue weighted by molar-refractivity contribution is 6.31. The van der Waals surface area contributed by atoms with Crippen molar-refractivity contribution in [3.8, 4) is 0 Å². The topological polar surface area (TPSA) is 56.7 Å². The van der Waals surface area contributed by atoms with Gasteiger partial charge in [0.2, 0.25) is 0 Å². The van der Waals surface area contributed by atoms with Gasteiger partial charge in [-0.3, -0.25) is 0 Å². The molecule has 0 heterocycles. The summed E-state index contributed by atoms with van der Waals surface area (Å²) in [6, 6.07) is 3.64. The van der Waals surface area contributed by atoms with Crippen LogP contribution in [0, 0.1) is 5.82 Å². The largest absolute Gasteiger partial charge is 0.544 e. The molecule has 0 aliphatic rings. The van der Waals surface area contributed by atoms with Gasteiger partial charge >= 0.3 is 0 Å². The van der Waals surface area contributed by atoms with Gasteiger partial charge in [-0.2, -0.15) is 0 Å². The van der Waals surface area contributed by atoms with E-state index in [0.29, 0.717) is 10.6 Å². The lowest BCUT2D eigenvalue weighted by Gasteiger charge is -2.12. The summed E-state index contributed by atoms with van der Waals surface area (Å²) in [6.07, 6.45) is 0.